The number of Topliss-reactive ketones (excluding diaryl/α,β-unsaturated/α-hetero) is 1. The number of nitrogens with zero attached hydrogens (tertiary/aromatic N) is 1. The summed E-state index contributed by atoms with van der Waals surface area (Å²) in [5, 5.41) is 3.81. The molecule has 7 heteroatoms. The minimum atomic E-state index is 0. The van der Waals surface area contributed by atoms with E-state index >= 15 is 0 Å². The molecule has 0 radical (unpaired) electrons. The molecule has 2 rings (SSSR count). The van der Waals surface area contributed by atoms with Gasteiger partial charge >= 0.3 is 0 Å². The topological polar surface area (TPSA) is 49.4 Å². The first-order chi connectivity index (χ1) is 11.1. The number of benzene rings is 1. The van der Waals surface area contributed by atoms with Gasteiger partial charge in [-0.25, -0.2) is 0 Å². The molecule has 1 N–H and O–H groups in total. The van der Waals surface area contributed by atoms with Gasteiger partial charge in [-0.3, -0.25) is 9.59 Å². The fourth-order valence-electron chi connectivity index (χ4n) is 2.72. The number of hydrogen-bond donors (Lipinski definition) is 1. The van der Waals surface area contributed by atoms with Crippen LogP contribution in [0.4, 0.5) is 0 Å². The van der Waals surface area contributed by atoms with Crippen molar-refractivity contribution in [2.45, 2.75) is 12.8 Å². The highest BCUT2D eigenvalue weighted by atomic mass is 35.5. The average Bonchev–Trinajstić information content (AvgIpc) is 2.56. The molecule has 1 aliphatic rings. The smallest absolute Gasteiger partial charge is 0.232 e. The predicted octanol–water partition coefficient (Wildman–Crippen LogP) is 3.14. The summed E-state index contributed by atoms with van der Waals surface area (Å²) >= 11 is 7.19. The van der Waals surface area contributed by atoms with Crippen molar-refractivity contribution in [3.63, 3.8) is 0 Å². The molecule has 0 bridgehead atoms. The van der Waals surface area contributed by atoms with Crippen LogP contribution in [0.15, 0.2) is 24.3 Å². The van der Waals surface area contributed by atoms with Gasteiger partial charge in [0.2, 0.25) is 5.91 Å². The normalized spacial score (nSPS) is 15.0. The number of amides is 1. The summed E-state index contributed by atoms with van der Waals surface area (Å²) in [7, 11) is 1.96. The third-order valence-electron chi connectivity index (χ3n) is 4.08. The summed E-state index contributed by atoms with van der Waals surface area (Å²) < 4.78 is 0. The molecule has 1 amide bonds. The molecule has 1 heterocycles. The molecule has 1 fully saturated rings. The number of ketones is 1. The van der Waals surface area contributed by atoms with Gasteiger partial charge in [0, 0.05) is 23.7 Å². The van der Waals surface area contributed by atoms with Gasteiger partial charge in [0.1, 0.15) is 0 Å². The van der Waals surface area contributed by atoms with E-state index in [-0.39, 0.29) is 24.1 Å². The van der Waals surface area contributed by atoms with Crippen molar-refractivity contribution >= 4 is 47.5 Å². The quantitative estimate of drug-likeness (QED) is 0.726. The molecule has 134 valence electrons. The predicted molar refractivity (Wildman–Crippen MR) is 104 cm³/mol. The minimum Gasteiger partial charge on any atom is -0.342 e. The number of carbonyl (C=O) groups is 2. The molecule has 0 atom stereocenters. The van der Waals surface area contributed by atoms with Gasteiger partial charge in [-0.05, 0) is 56.6 Å². The molecule has 24 heavy (non-hydrogen) atoms. The highest BCUT2D eigenvalue weighted by Crippen LogP contribution is 2.18. The highest BCUT2D eigenvalue weighted by Gasteiger charge is 2.22. The van der Waals surface area contributed by atoms with Gasteiger partial charge < -0.3 is 10.2 Å². The van der Waals surface area contributed by atoms with E-state index in [1.807, 2.05) is 11.9 Å². The number of halogens is 2. The molecular formula is C17H24Cl2N2O2S. The monoisotopic (exact) mass is 390 g/mol. The van der Waals surface area contributed by atoms with Crippen LogP contribution >= 0.6 is 35.8 Å². The van der Waals surface area contributed by atoms with Crippen LogP contribution in [0.3, 0.4) is 0 Å². The maximum Gasteiger partial charge on any atom is 0.232 e. The Morgan fingerprint density at radius 3 is 2.42 bits per heavy atom. The Balaban J connectivity index is 0.00000288. The lowest BCUT2D eigenvalue weighted by Crippen LogP contribution is -2.41. The largest absolute Gasteiger partial charge is 0.342 e. The number of rotatable bonds is 7. The van der Waals surface area contributed by atoms with Crippen LogP contribution in [0, 0.1) is 5.92 Å². The lowest BCUT2D eigenvalue weighted by atomic mass is 9.97. The Kier molecular flexibility index (Phi) is 9.74. The zero-order valence-corrected chi connectivity index (χ0v) is 16.2. The minimum absolute atomic E-state index is 0. The number of thioether (sulfide) groups is 1. The van der Waals surface area contributed by atoms with E-state index in [1.165, 1.54) is 11.8 Å². The van der Waals surface area contributed by atoms with Gasteiger partial charge in [0.15, 0.2) is 5.78 Å². The van der Waals surface area contributed by atoms with Crippen LogP contribution in [0.5, 0.6) is 0 Å². The molecule has 1 aliphatic heterocycles. The first-order valence-electron chi connectivity index (χ1n) is 7.89. The van der Waals surface area contributed by atoms with Gasteiger partial charge in [-0.15, -0.1) is 24.2 Å². The van der Waals surface area contributed by atoms with Crippen LogP contribution in [0.25, 0.3) is 0 Å². The second kappa shape index (κ2) is 11.0. The van der Waals surface area contributed by atoms with Crippen molar-refractivity contribution in [1.82, 2.24) is 10.2 Å². The third kappa shape index (κ3) is 6.63. The highest BCUT2D eigenvalue weighted by molar-refractivity contribution is 8.00. The van der Waals surface area contributed by atoms with Gasteiger partial charge in [0.25, 0.3) is 0 Å². The first kappa shape index (κ1) is 21.3. The summed E-state index contributed by atoms with van der Waals surface area (Å²) in [6.45, 7) is 2.68. The third-order valence-corrected chi connectivity index (χ3v) is 5.25. The summed E-state index contributed by atoms with van der Waals surface area (Å²) in [6, 6.07) is 6.86. The molecule has 0 unspecified atom stereocenters. The van der Waals surface area contributed by atoms with E-state index < -0.39 is 0 Å². The fourth-order valence-corrected chi connectivity index (χ4v) is 3.65. The average molecular weight is 391 g/mol. The standard InChI is InChI=1S/C17H23ClN2O2S.ClH/c1-19-10-13-6-8-20(9-7-13)17(22)12-23-11-16(21)14-2-4-15(18)5-3-14;/h2-5,13,19H,6-12H2,1H3;1H. The van der Waals surface area contributed by atoms with Crippen LogP contribution in [0.2, 0.25) is 5.02 Å². The molecule has 1 aromatic carbocycles. The first-order valence-corrected chi connectivity index (χ1v) is 9.42. The van der Waals surface area contributed by atoms with Gasteiger partial charge in [-0.1, -0.05) is 11.6 Å². The summed E-state index contributed by atoms with van der Waals surface area (Å²) in [5.74, 6) is 1.54. The zero-order chi connectivity index (χ0) is 16.7. The van der Waals surface area contributed by atoms with Crippen LogP contribution in [-0.4, -0.2) is 54.8 Å². The van der Waals surface area contributed by atoms with Crippen LogP contribution in [0.1, 0.15) is 23.2 Å². The maximum atomic E-state index is 12.2. The Hall–Kier alpha value is -0.750. The van der Waals surface area contributed by atoms with Gasteiger partial charge in [-0.2, -0.15) is 0 Å². The fraction of sp³-hybridized carbons (Fsp3) is 0.529. The molecule has 0 aliphatic carbocycles. The molecule has 0 aromatic heterocycles. The zero-order valence-electron chi connectivity index (χ0n) is 13.8. The van der Waals surface area contributed by atoms with E-state index in [2.05, 4.69) is 5.32 Å². The van der Waals surface area contributed by atoms with Gasteiger partial charge in [0.05, 0.1) is 11.5 Å². The van der Waals surface area contributed by atoms with E-state index in [0.29, 0.717) is 28.0 Å². The molecule has 0 spiro atoms. The van der Waals surface area contributed by atoms with Crippen molar-refractivity contribution in [1.29, 1.82) is 0 Å². The SMILES string of the molecule is CNCC1CCN(C(=O)CSCC(=O)c2ccc(Cl)cc2)CC1.Cl. The maximum absolute atomic E-state index is 12.2. The Bertz CT molecular complexity index is 532. The van der Waals surface area contributed by atoms with Crippen LogP contribution < -0.4 is 5.32 Å². The molecule has 1 aromatic rings. The Morgan fingerprint density at radius 1 is 1.21 bits per heavy atom. The Morgan fingerprint density at radius 2 is 1.83 bits per heavy atom. The molecule has 0 saturated carbocycles. The van der Waals surface area contributed by atoms with E-state index in [1.54, 1.807) is 24.3 Å². The summed E-state index contributed by atoms with van der Waals surface area (Å²) in [6.07, 6.45) is 2.11. The van der Waals surface area contributed by atoms with E-state index in [9.17, 15) is 9.59 Å². The number of likely N-dealkylation sites (tertiary alicyclic amines) is 1. The van der Waals surface area contributed by atoms with E-state index in [0.717, 1.165) is 32.5 Å². The molecule has 4 nitrogen and oxygen atoms in total. The van der Waals surface area contributed by atoms with Crippen LogP contribution in [-0.2, 0) is 4.79 Å². The second-order valence-corrected chi connectivity index (χ2v) is 7.23. The molecular weight excluding hydrogens is 367 g/mol. The molecule has 1 saturated heterocycles. The lowest BCUT2D eigenvalue weighted by molar-refractivity contribution is -0.129. The summed E-state index contributed by atoms with van der Waals surface area (Å²) in [4.78, 5) is 26.1. The van der Waals surface area contributed by atoms with Crippen molar-refractivity contribution < 1.29 is 9.59 Å². The van der Waals surface area contributed by atoms with Crippen molar-refractivity contribution in [2.24, 2.45) is 5.92 Å². The second-order valence-electron chi connectivity index (χ2n) is 5.80. The number of nitrogens with one attached hydrogen (secondary N) is 1. The summed E-state index contributed by atoms with van der Waals surface area (Å²) in [5.41, 5.74) is 0.641. The number of piperidine rings is 1. The number of hydrogen-bond acceptors (Lipinski definition) is 4. The van der Waals surface area contributed by atoms with Crippen molar-refractivity contribution in [3.8, 4) is 0 Å². The van der Waals surface area contributed by atoms with Crippen molar-refractivity contribution in [3.05, 3.63) is 34.9 Å². The Labute approximate surface area is 159 Å². The number of carbonyl (C=O) groups excluding carboxylic acids is 2. The van der Waals surface area contributed by atoms with E-state index in [4.69, 9.17) is 11.6 Å². The van der Waals surface area contributed by atoms with Crippen molar-refractivity contribution in [2.75, 3.05) is 38.2 Å². The lowest BCUT2D eigenvalue weighted by Gasteiger charge is -2.31.